The van der Waals surface area contributed by atoms with E-state index in [-0.39, 0.29) is 5.60 Å². The van der Waals surface area contributed by atoms with Gasteiger partial charge in [0.15, 0.2) is 0 Å². The summed E-state index contributed by atoms with van der Waals surface area (Å²) in [6.45, 7) is 7.01. The second-order valence-corrected chi connectivity index (χ2v) is 3.37. The highest BCUT2D eigenvalue weighted by atomic mass is 16.7. The minimum Gasteiger partial charge on any atom is -0.355 e. The Kier molecular flexibility index (Phi) is 4.19. The van der Waals surface area contributed by atoms with E-state index in [9.17, 15) is 0 Å². The van der Waals surface area contributed by atoms with E-state index in [1.165, 1.54) is 0 Å². The maximum absolute atomic E-state index is 5.66. The van der Waals surface area contributed by atoms with Crippen LogP contribution in [0.25, 0.3) is 0 Å². The quantitative estimate of drug-likeness (QED) is 0.622. The SMILES string of the molecule is C=CCC1(C/C=C/C)CCOCO1. The second-order valence-electron chi connectivity index (χ2n) is 3.37. The van der Waals surface area contributed by atoms with E-state index in [2.05, 4.69) is 18.7 Å². The van der Waals surface area contributed by atoms with Crippen molar-refractivity contribution in [3.63, 3.8) is 0 Å². The van der Waals surface area contributed by atoms with E-state index < -0.39 is 0 Å². The Labute approximate surface area is 80.2 Å². The van der Waals surface area contributed by atoms with Crippen LogP contribution in [0.15, 0.2) is 24.8 Å². The molecule has 1 atom stereocenters. The van der Waals surface area contributed by atoms with Crippen LogP contribution in [0, 0.1) is 0 Å². The maximum Gasteiger partial charge on any atom is 0.147 e. The summed E-state index contributed by atoms with van der Waals surface area (Å²) >= 11 is 0. The average molecular weight is 182 g/mol. The lowest BCUT2D eigenvalue weighted by Gasteiger charge is -2.35. The topological polar surface area (TPSA) is 18.5 Å². The van der Waals surface area contributed by atoms with Gasteiger partial charge in [0.1, 0.15) is 6.79 Å². The molecule has 0 amide bonds. The van der Waals surface area contributed by atoms with Gasteiger partial charge >= 0.3 is 0 Å². The molecule has 0 saturated carbocycles. The molecule has 0 aromatic heterocycles. The molecular formula is C11H18O2. The van der Waals surface area contributed by atoms with Crippen molar-refractivity contribution in [2.75, 3.05) is 13.4 Å². The largest absolute Gasteiger partial charge is 0.355 e. The van der Waals surface area contributed by atoms with Crippen LogP contribution >= 0.6 is 0 Å². The fourth-order valence-corrected chi connectivity index (χ4v) is 1.56. The lowest BCUT2D eigenvalue weighted by Crippen LogP contribution is -2.38. The van der Waals surface area contributed by atoms with Crippen molar-refractivity contribution < 1.29 is 9.47 Å². The number of rotatable bonds is 4. The number of hydrogen-bond acceptors (Lipinski definition) is 2. The summed E-state index contributed by atoms with van der Waals surface area (Å²) in [7, 11) is 0. The Morgan fingerprint density at radius 3 is 2.85 bits per heavy atom. The van der Waals surface area contributed by atoms with Crippen molar-refractivity contribution in [1.82, 2.24) is 0 Å². The Morgan fingerprint density at radius 2 is 2.31 bits per heavy atom. The van der Waals surface area contributed by atoms with E-state index in [0.717, 1.165) is 25.9 Å². The van der Waals surface area contributed by atoms with E-state index in [1.54, 1.807) is 0 Å². The van der Waals surface area contributed by atoms with Crippen molar-refractivity contribution in [1.29, 1.82) is 0 Å². The van der Waals surface area contributed by atoms with Crippen LogP contribution in [-0.4, -0.2) is 19.0 Å². The van der Waals surface area contributed by atoms with Gasteiger partial charge in [-0.25, -0.2) is 0 Å². The van der Waals surface area contributed by atoms with Gasteiger partial charge in [0, 0.05) is 6.42 Å². The molecule has 2 nitrogen and oxygen atoms in total. The molecule has 1 fully saturated rings. The fraction of sp³-hybridized carbons (Fsp3) is 0.636. The van der Waals surface area contributed by atoms with Gasteiger partial charge in [-0.2, -0.15) is 0 Å². The molecule has 0 aliphatic carbocycles. The van der Waals surface area contributed by atoms with Gasteiger partial charge in [-0.15, -0.1) is 6.58 Å². The molecule has 0 aromatic carbocycles. The smallest absolute Gasteiger partial charge is 0.147 e. The molecule has 1 heterocycles. The Balaban J connectivity index is 2.54. The van der Waals surface area contributed by atoms with Crippen molar-refractivity contribution in [3.8, 4) is 0 Å². The predicted octanol–water partition coefficient (Wildman–Crippen LogP) is 2.66. The van der Waals surface area contributed by atoms with E-state index in [0.29, 0.717) is 6.79 Å². The van der Waals surface area contributed by atoms with E-state index in [4.69, 9.17) is 9.47 Å². The monoisotopic (exact) mass is 182 g/mol. The van der Waals surface area contributed by atoms with Gasteiger partial charge in [0.25, 0.3) is 0 Å². The van der Waals surface area contributed by atoms with Gasteiger partial charge in [0.05, 0.1) is 12.2 Å². The number of hydrogen-bond donors (Lipinski definition) is 0. The summed E-state index contributed by atoms with van der Waals surface area (Å²) in [5, 5.41) is 0. The van der Waals surface area contributed by atoms with Crippen molar-refractivity contribution >= 4 is 0 Å². The molecule has 0 radical (unpaired) electrons. The Bertz CT molecular complexity index is 179. The molecule has 13 heavy (non-hydrogen) atoms. The second kappa shape index (κ2) is 5.20. The van der Waals surface area contributed by atoms with Crippen molar-refractivity contribution in [2.24, 2.45) is 0 Å². The number of allylic oxidation sites excluding steroid dienone is 1. The Morgan fingerprint density at radius 1 is 1.46 bits per heavy atom. The van der Waals surface area contributed by atoms with Crippen LogP contribution in [0.1, 0.15) is 26.2 Å². The zero-order chi connectivity index (χ0) is 9.57. The summed E-state index contributed by atoms with van der Waals surface area (Å²) in [5.74, 6) is 0. The predicted molar refractivity (Wildman–Crippen MR) is 53.5 cm³/mol. The minimum absolute atomic E-state index is 0.0491. The van der Waals surface area contributed by atoms with Gasteiger partial charge in [-0.05, 0) is 19.8 Å². The zero-order valence-electron chi connectivity index (χ0n) is 8.29. The molecule has 0 bridgehead atoms. The van der Waals surface area contributed by atoms with Crippen LogP contribution in [0.5, 0.6) is 0 Å². The summed E-state index contributed by atoms with van der Waals surface area (Å²) in [6, 6.07) is 0. The van der Waals surface area contributed by atoms with Gasteiger partial charge in [-0.3, -0.25) is 0 Å². The third kappa shape index (κ3) is 2.98. The van der Waals surface area contributed by atoms with E-state index in [1.807, 2.05) is 13.0 Å². The molecule has 0 aromatic rings. The van der Waals surface area contributed by atoms with Crippen LogP contribution < -0.4 is 0 Å². The molecular weight excluding hydrogens is 164 g/mol. The Hall–Kier alpha value is -0.600. The highest BCUT2D eigenvalue weighted by Crippen LogP contribution is 2.29. The fourth-order valence-electron chi connectivity index (χ4n) is 1.56. The van der Waals surface area contributed by atoms with Crippen LogP contribution in [0.2, 0.25) is 0 Å². The molecule has 1 aliphatic heterocycles. The molecule has 0 spiro atoms. The molecule has 0 N–H and O–H groups in total. The summed E-state index contributed by atoms with van der Waals surface area (Å²) in [6.07, 6.45) is 8.95. The zero-order valence-corrected chi connectivity index (χ0v) is 8.29. The van der Waals surface area contributed by atoms with Crippen LogP contribution in [0.4, 0.5) is 0 Å². The van der Waals surface area contributed by atoms with Crippen molar-refractivity contribution in [2.45, 2.75) is 31.8 Å². The molecule has 1 rings (SSSR count). The van der Waals surface area contributed by atoms with Crippen LogP contribution in [0.3, 0.4) is 0 Å². The van der Waals surface area contributed by atoms with Crippen LogP contribution in [-0.2, 0) is 9.47 Å². The first kappa shape index (κ1) is 10.5. The van der Waals surface area contributed by atoms with Gasteiger partial charge in [0.2, 0.25) is 0 Å². The lowest BCUT2D eigenvalue weighted by molar-refractivity contribution is -0.191. The maximum atomic E-state index is 5.66. The molecule has 74 valence electrons. The summed E-state index contributed by atoms with van der Waals surface area (Å²) in [5.41, 5.74) is -0.0491. The molecule has 1 saturated heterocycles. The summed E-state index contributed by atoms with van der Waals surface area (Å²) < 4.78 is 10.8. The van der Waals surface area contributed by atoms with Gasteiger partial charge in [-0.1, -0.05) is 18.2 Å². The molecule has 1 unspecified atom stereocenters. The minimum atomic E-state index is -0.0491. The summed E-state index contributed by atoms with van der Waals surface area (Å²) in [4.78, 5) is 0. The van der Waals surface area contributed by atoms with E-state index >= 15 is 0 Å². The van der Waals surface area contributed by atoms with Crippen molar-refractivity contribution in [3.05, 3.63) is 24.8 Å². The lowest BCUT2D eigenvalue weighted by atomic mass is 9.91. The highest BCUT2D eigenvalue weighted by Gasteiger charge is 2.30. The standard InChI is InChI=1S/C11H18O2/c1-3-5-7-11(6-4-2)8-9-12-10-13-11/h3-5H,2,6-10H2,1H3/b5-3+. The third-order valence-electron chi connectivity index (χ3n) is 2.39. The first-order valence-corrected chi connectivity index (χ1v) is 4.77. The first-order chi connectivity index (χ1) is 6.33. The molecule has 1 aliphatic rings. The average Bonchev–Trinajstić information content (AvgIpc) is 2.17. The first-order valence-electron chi connectivity index (χ1n) is 4.77. The van der Waals surface area contributed by atoms with Gasteiger partial charge < -0.3 is 9.47 Å². The number of ether oxygens (including phenoxy) is 2. The highest BCUT2D eigenvalue weighted by molar-refractivity contribution is 4.96. The normalized spacial score (nSPS) is 29.3. The third-order valence-corrected chi connectivity index (χ3v) is 2.39. The molecule has 2 heteroatoms.